The predicted molar refractivity (Wildman–Crippen MR) is 111 cm³/mol. The van der Waals surface area contributed by atoms with Gasteiger partial charge in [0.05, 0.1) is 13.3 Å². The molecule has 8 heteroatoms. The van der Waals surface area contributed by atoms with E-state index >= 15 is 0 Å². The Morgan fingerprint density at radius 2 is 2.03 bits per heavy atom. The molecule has 0 saturated heterocycles. The molecule has 0 saturated carbocycles. The number of methoxy groups -OCH3 is 1. The van der Waals surface area contributed by atoms with E-state index in [-0.39, 0.29) is 5.91 Å². The second-order valence-electron chi connectivity index (χ2n) is 7.44. The van der Waals surface area contributed by atoms with Crippen molar-refractivity contribution >= 4 is 5.91 Å². The van der Waals surface area contributed by atoms with E-state index in [0.29, 0.717) is 37.5 Å². The lowest BCUT2D eigenvalue weighted by Gasteiger charge is -2.07. The number of nitrogens with zero attached hydrogens (tertiary/aromatic N) is 4. The van der Waals surface area contributed by atoms with Gasteiger partial charge in [-0.15, -0.1) is 10.2 Å². The van der Waals surface area contributed by atoms with Crippen molar-refractivity contribution in [2.24, 2.45) is 0 Å². The van der Waals surface area contributed by atoms with Crippen LogP contribution in [0.4, 0.5) is 0 Å². The summed E-state index contributed by atoms with van der Waals surface area (Å²) in [6.45, 7) is 1.53. The Hall–Kier alpha value is -3.16. The molecule has 3 heterocycles. The van der Waals surface area contributed by atoms with Crippen LogP contribution in [0.15, 0.2) is 34.9 Å². The van der Waals surface area contributed by atoms with Gasteiger partial charge in [0, 0.05) is 44.3 Å². The fourth-order valence-electron chi connectivity index (χ4n) is 3.67. The van der Waals surface area contributed by atoms with Crippen LogP contribution in [0.25, 0.3) is 11.3 Å². The van der Waals surface area contributed by atoms with Gasteiger partial charge in [-0.05, 0) is 37.1 Å². The zero-order chi connectivity index (χ0) is 20.8. The number of carbonyl (C=O) groups excluding carboxylic acids is 1. The van der Waals surface area contributed by atoms with E-state index in [2.05, 4.69) is 25.1 Å². The smallest absolute Gasteiger partial charge is 0.220 e. The summed E-state index contributed by atoms with van der Waals surface area (Å²) in [6, 6.07) is 7.58. The lowest BCUT2D eigenvalue weighted by atomic mass is 10.2. The molecule has 0 fully saturated rings. The third-order valence-corrected chi connectivity index (χ3v) is 5.35. The Bertz CT molecular complexity index is 977. The molecule has 1 aliphatic rings. The van der Waals surface area contributed by atoms with Gasteiger partial charge < -0.3 is 19.0 Å². The van der Waals surface area contributed by atoms with E-state index in [0.717, 1.165) is 35.9 Å². The molecule has 4 rings (SSSR count). The quantitative estimate of drug-likeness (QED) is 0.615. The first kappa shape index (κ1) is 20.1. The Morgan fingerprint density at radius 1 is 1.17 bits per heavy atom. The molecule has 0 aliphatic carbocycles. The third kappa shape index (κ3) is 4.87. The van der Waals surface area contributed by atoms with Crippen molar-refractivity contribution in [3.63, 3.8) is 0 Å². The topological polar surface area (TPSA) is 95.1 Å². The minimum Gasteiger partial charge on any atom is -0.497 e. The maximum Gasteiger partial charge on any atom is 0.220 e. The zero-order valence-electron chi connectivity index (χ0n) is 17.3. The molecule has 0 spiro atoms. The number of rotatable bonds is 8. The normalized spacial score (nSPS) is 13.5. The average Bonchev–Trinajstić information content (AvgIpc) is 3.33. The highest BCUT2D eigenvalue weighted by Crippen LogP contribution is 2.23. The highest BCUT2D eigenvalue weighted by atomic mass is 16.5. The molecule has 8 nitrogen and oxygen atoms in total. The summed E-state index contributed by atoms with van der Waals surface area (Å²) in [5, 5.41) is 11.6. The van der Waals surface area contributed by atoms with E-state index in [1.54, 1.807) is 13.3 Å². The highest BCUT2D eigenvalue weighted by Gasteiger charge is 2.15. The molecule has 0 atom stereocenters. The van der Waals surface area contributed by atoms with Gasteiger partial charge in [-0.3, -0.25) is 4.79 Å². The summed E-state index contributed by atoms with van der Waals surface area (Å²) in [6.07, 6.45) is 7.75. The minimum absolute atomic E-state index is 0.0187. The van der Waals surface area contributed by atoms with Gasteiger partial charge in [-0.25, -0.2) is 4.98 Å². The number of oxazole rings is 1. The number of hydrogen-bond acceptors (Lipinski definition) is 6. The van der Waals surface area contributed by atoms with Crippen molar-refractivity contribution in [3.05, 3.63) is 48.0 Å². The number of ether oxygens (including phenoxy) is 1. The Kier molecular flexibility index (Phi) is 6.41. The number of nitrogens with one attached hydrogen (secondary N) is 1. The van der Waals surface area contributed by atoms with Gasteiger partial charge in [-0.2, -0.15) is 0 Å². The molecule has 0 unspecified atom stereocenters. The van der Waals surface area contributed by atoms with Crippen molar-refractivity contribution in [3.8, 4) is 17.1 Å². The molecule has 1 N–H and O–H groups in total. The van der Waals surface area contributed by atoms with E-state index in [1.807, 2.05) is 24.3 Å². The molecule has 1 amide bonds. The molecule has 0 radical (unpaired) electrons. The summed E-state index contributed by atoms with van der Waals surface area (Å²) in [5.74, 6) is 4.04. The van der Waals surface area contributed by atoms with Crippen LogP contribution in [-0.2, 0) is 30.6 Å². The highest BCUT2D eigenvalue weighted by molar-refractivity contribution is 5.76. The van der Waals surface area contributed by atoms with Crippen molar-refractivity contribution in [1.29, 1.82) is 0 Å². The van der Waals surface area contributed by atoms with Crippen LogP contribution >= 0.6 is 0 Å². The van der Waals surface area contributed by atoms with Crippen molar-refractivity contribution in [2.45, 2.75) is 51.5 Å². The van der Waals surface area contributed by atoms with Crippen LogP contribution in [0.3, 0.4) is 0 Å². The molecule has 1 aliphatic heterocycles. The van der Waals surface area contributed by atoms with Gasteiger partial charge in [0.25, 0.3) is 0 Å². The summed E-state index contributed by atoms with van der Waals surface area (Å²) in [5.41, 5.74) is 0.923. The van der Waals surface area contributed by atoms with Crippen molar-refractivity contribution < 1.29 is 13.9 Å². The van der Waals surface area contributed by atoms with Crippen LogP contribution in [0.1, 0.15) is 43.2 Å². The summed E-state index contributed by atoms with van der Waals surface area (Å²) < 4.78 is 13.2. The SMILES string of the molecule is COc1ccc(-c2cnc(CCC(=O)NCCc3nnc4n3CCCCC4)o2)cc1. The van der Waals surface area contributed by atoms with Gasteiger partial charge in [0.15, 0.2) is 11.7 Å². The van der Waals surface area contributed by atoms with Crippen LogP contribution in [0.5, 0.6) is 5.75 Å². The first-order chi connectivity index (χ1) is 14.7. The molecule has 30 heavy (non-hydrogen) atoms. The summed E-state index contributed by atoms with van der Waals surface area (Å²) >= 11 is 0. The first-order valence-corrected chi connectivity index (χ1v) is 10.5. The second kappa shape index (κ2) is 9.56. The molecular formula is C22H27N5O3. The molecule has 0 bridgehead atoms. The molecule has 2 aromatic heterocycles. The van der Waals surface area contributed by atoms with Crippen molar-refractivity contribution in [1.82, 2.24) is 25.1 Å². The van der Waals surface area contributed by atoms with Gasteiger partial charge in [0.2, 0.25) is 5.91 Å². The Labute approximate surface area is 175 Å². The minimum atomic E-state index is -0.0187. The number of carbonyl (C=O) groups is 1. The fraction of sp³-hybridized carbons (Fsp3) is 0.455. The van der Waals surface area contributed by atoms with Gasteiger partial charge in [-0.1, -0.05) is 6.42 Å². The van der Waals surface area contributed by atoms with E-state index < -0.39 is 0 Å². The number of fused-ring (bicyclic) bond motifs is 1. The standard InChI is InChI=1S/C22H27N5O3/c1-29-17-8-6-16(7-9-17)18-15-24-22(30-18)11-10-21(28)23-13-12-20-26-25-19-5-3-2-4-14-27(19)20/h6-9,15H,2-5,10-14H2,1H3,(H,23,28). The monoisotopic (exact) mass is 409 g/mol. The molecular weight excluding hydrogens is 382 g/mol. The lowest BCUT2D eigenvalue weighted by Crippen LogP contribution is -2.26. The summed E-state index contributed by atoms with van der Waals surface area (Å²) in [4.78, 5) is 16.5. The largest absolute Gasteiger partial charge is 0.497 e. The number of hydrogen-bond donors (Lipinski definition) is 1. The number of amides is 1. The third-order valence-electron chi connectivity index (χ3n) is 5.35. The Morgan fingerprint density at radius 3 is 2.87 bits per heavy atom. The predicted octanol–water partition coefficient (Wildman–Crippen LogP) is 2.96. The van der Waals surface area contributed by atoms with Crippen molar-refractivity contribution in [2.75, 3.05) is 13.7 Å². The fourth-order valence-corrected chi connectivity index (χ4v) is 3.67. The van der Waals surface area contributed by atoms with E-state index in [1.165, 1.54) is 19.3 Å². The van der Waals surface area contributed by atoms with Crippen LogP contribution < -0.4 is 10.1 Å². The first-order valence-electron chi connectivity index (χ1n) is 10.5. The maximum absolute atomic E-state index is 12.2. The van der Waals surface area contributed by atoms with Crippen LogP contribution in [-0.4, -0.2) is 39.3 Å². The van der Waals surface area contributed by atoms with Gasteiger partial charge in [0.1, 0.15) is 17.4 Å². The zero-order valence-corrected chi connectivity index (χ0v) is 17.3. The van der Waals surface area contributed by atoms with E-state index in [9.17, 15) is 4.79 Å². The Balaban J connectivity index is 1.23. The van der Waals surface area contributed by atoms with E-state index in [4.69, 9.17) is 9.15 Å². The average molecular weight is 409 g/mol. The maximum atomic E-state index is 12.2. The van der Waals surface area contributed by atoms with Crippen LogP contribution in [0.2, 0.25) is 0 Å². The number of benzene rings is 1. The molecule has 158 valence electrons. The molecule has 3 aromatic rings. The summed E-state index contributed by atoms with van der Waals surface area (Å²) in [7, 11) is 1.63. The second-order valence-corrected chi connectivity index (χ2v) is 7.44. The number of aryl methyl sites for hydroxylation is 2. The van der Waals surface area contributed by atoms with Crippen LogP contribution in [0, 0.1) is 0 Å². The number of aromatic nitrogens is 4. The van der Waals surface area contributed by atoms with Gasteiger partial charge >= 0.3 is 0 Å². The molecule has 1 aromatic carbocycles. The lowest BCUT2D eigenvalue weighted by molar-refractivity contribution is -0.121.